The number of nitrogens with one attached hydrogen (secondary N) is 2. The van der Waals surface area contributed by atoms with Crippen LogP contribution in [0.2, 0.25) is 0 Å². The Morgan fingerprint density at radius 1 is 1.00 bits per heavy atom. The first-order valence-corrected chi connectivity index (χ1v) is 10.0. The summed E-state index contributed by atoms with van der Waals surface area (Å²) in [7, 11) is 0. The molecule has 1 aromatic heterocycles. The summed E-state index contributed by atoms with van der Waals surface area (Å²) in [5.41, 5.74) is 3.59. The van der Waals surface area contributed by atoms with E-state index in [1.165, 1.54) is 0 Å². The van der Waals surface area contributed by atoms with E-state index in [0.29, 0.717) is 28.4 Å². The van der Waals surface area contributed by atoms with Crippen LogP contribution in [0.25, 0.3) is 22.4 Å². The van der Waals surface area contributed by atoms with Crippen molar-refractivity contribution < 1.29 is 23.8 Å². The summed E-state index contributed by atoms with van der Waals surface area (Å²) in [6.07, 6.45) is 0. The molecule has 8 nitrogen and oxygen atoms in total. The Morgan fingerprint density at radius 2 is 1.84 bits per heavy atom. The van der Waals surface area contributed by atoms with Crippen LogP contribution in [0.15, 0.2) is 66.7 Å². The summed E-state index contributed by atoms with van der Waals surface area (Å²) in [6, 6.07) is 20.2. The van der Waals surface area contributed by atoms with Crippen LogP contribution in [0.5, 0.6) is 11.5 Å². The second-order valence-corrected chi connectivity index (χ2v) is 7.22. The molecule has 3 aromatic carbocycles. The number of imidazole rings is 1. The Kier molecular flexibility index (Phi) is 5.17. The highest BCUT2D eigenvalue weighted by molar-refractivity contribution is 5.95. The highest BCUT2D eigenvalue weighted by Crippen LogP contribution is 2.32. The highest BCUT2D eigenvalue weighted by Gasteiger charge is 2.15. The minimum atomic E-state index is -0.582. The maximum absolute atomic E-state index is 12.4. The van der Waals surface area contributed by atoms with Crippen LogP contribution in [0.4, 0.5) is 0 Å². The molecule has 0 radical (unpaired) electrons. The standard InChI is InChI=1S/C24H19N3O5/c28-22(25-12-15-6-9-20-21(10-15)32-14-31-20)13-30-24(29)17-7-8-18-19(11-17)27-23(26-18)16-4-2-1-3-5-16/h1-11H,12-14H2,(H,25,28)(H,26,27). The van der Waals surface area contributed by atoms with Gasteiger partial charge in [-0.1, -0.05) is 36.4 Å². The van der Waals surface area contributed by atoms with Crippen molar-refractivity contribution in [2.75, 3.05) is 13.4 Å². The molecule has 160 valence electrons. The SMILES string of the molecule is O=C(COC(=O)c1ccc2nc(-c3ccccc3)[nH]c2c1)NCc1ccc2c(c1)OCO2. The third-order valence-corrected chi connectivity index (χ3v) is 5.03. The van der Waals surface area contributed by atoms with Crippen LogP contribution >= 0.6 is 0 Å². The molecule has 0 unspecified atom stereocenters. The molecular formula is C24H19N3O5. The zero-order valence-electron chi connectivity index (χ0n) is 17.0. The van der Waals surface area contributed by atoms with Crippen molar-refractivity contribution in [1.29, 1.82) is 0 Å². The molecule has 0 saturated heterocycles. The average molecular weight is 429 g/mol. The number of esters is 1. The molecule has 1 aliphatic heterocycles. The molecule has 2 N–H and O–H groups in total. The predicted octanol–water partition coefficient (Wildman–Crippen LogP) is 3.43. The zero-order chi connectivity index (χ0) is 21.9. The molecule has 1 amide bonds. The van der Waals surface area contributed by atoms with E-state index in [0.717, 1.165) is 16.6 Å². The number of amides is 1. The van der Waals surface area contributed by atoms with Crippen molar-refractivity contribution in [3.63, 3.8) is 0 Å². The first kappa shape index (κ1) is 19.6. The van der Waals surface area contributed by atoms with Gasteiger partial charge in [0.15, 0.2) is 18.1 Å². The Labute approximate surface area is 183 Å². The molecular weight excluding hydrogens is 410 g/mol. The van der Waals surface area contributed by atoms with Crippen LogP contribution in [0.3, 0.4) is 0 Å². The van der Waals surface area contributed by atoms with Gasteiger partial charge in [-0.2, -0.15) is 0 Å². The molecule has 32 heavy (non-hydrogen) atoms. The molecule has 0 bridgehead atoms. The Balaban J connectivity index is 1.18. The van der Waals surface area contributed by atoms with Gasteiger partial charge >= 0.3 is 5.97 Å². The van der Waals surface area contributed by atoms with E-state index in [9.17, 15) is 9.59 Å². The number of rotatable bonds is 6. The molecule has 0 spiro atoms. The number of hydrogen-bond acceptors (Lipinski definition) is 6. The number of carbonyl (C=O) groups excluding carboxylic acids is 2. The van der Waals surface area contributed by atoms with Gasteiger partial charge in [-0.25, -0.2) is 9.78 Å². The molecule has 8 heteroatoms. The van der Waals surface area contributed by atoms with Crippen LogP contribution in [0.1, 0.15) is 15.9 Å². The molecule has 0 fully saturated rings. The first-order valence-electron chi connectivity index (χ1n) is 10.0. The maximum atomic E-state index is 12.4. The number of aromatic amines is 1. The van der Waals surface area contributed by atoms with Gasteiger partial charge in [0.25, 0.3) is 5.91 Å². The number of fused-ring (bicyclic) bond motifs is 2. The lowest BCUT2D eigenvalue weighted by Gasteiger charge is -2.07. The normalized spacial score (nSPS) is 12.0. The molecule has 0 aliphatic carbocycles. The molecule has 2 heterocycles. The third-order valence-electron chi connectivity index (χ3n) is 5.03. The van der Waals surface area contributed by atoms with Crippen molar-refractivity contribution in [2.24, 2.45) is 0 Å². The predicted molar refractivity (Wildman–Crippen MR) is 116 cm³/mol. The van der Waals surface area contributed by atoms with E-state index in [4.69, 9.17) is 14.2 Å². The Hall–Kier alpha value is -4.33. The smallest absolute Gasteiger partial charge is 0.338 e. The minimum absolute atomic E-state index is 0.193. The van der Waals surface area contributed by atoms with Crippen molar-refractivity contribution in [3.05, 3.63) is 77.9 Å². The molecule has 0 saturated carbocycles. The number of hydrogen-bond donors (Lipinski definition) is 2. The Morgan fingerprint density at radius 3 is 2.72 bits per heavy atom. The van der Waals surface area contributed by atoms with Crippen molar-refractivity contribution in [1.82, 2.24) is 15.3 Å². The van der Waals surface area contributed by atoms with Gasteiger partial charge in [-0.15, -0.1) is 0 Å². The van der Waals surface area contributed by atoms with Crippen LogP contribution in [0, 0.1) is 0 Å². The van der Waals surface area contributed by atoms with Gasteiger partial charge < -0.3 is 24.5 Å². The second kappa shape index (κ2) is 8.43. The third kappa shape index (κ3) is 4.11. The molecule has 5 rings (SSSR count). The summed E-state index contributed by atoms with van der Waals surface area (Å²) < 4.78 is 15.7. The average Bonchev–Trinajstić information content (AvgIpc) is 3.47. The van der Waals surface area contributed by atoms with E-state index < -0.39 is 11.9 Å². The minimum Gasteiger partial charge on any atom is -0.454 e. The van der Waals surface area contributed by atoms with Crippen LogP contribution in [-0.4, -0.2) is 35.2 Å². The van der Waals surface area contributed by atoms with E-state index in [1.54, 1.807) is 30.3 Å². The van der Waals surface area contributed by atoms with Gasteiger partial charge in [0, 0.05) is 12.1 Å². The number of nitrogens with zero attached hydrogens (tertiary/aromatic N) is 1. The fourth-order valence-electron chi connectivity index (χ4n) is 3.39. The topological polar surface area (TPSA) is 103 Å². The second-order valence-electron chi connectivity index (χ2n) is 7.22. The number of benzene rings is 3. The van der Waals surface area contributed by atoms with E-state index in [2.05, 4.69) is 15.3 Å². The van der Waals surface area contributed by atoms with Crippen molar-refractivity contribution in [2.45, 2.75) is 6.54 Å². The lowest BCUT2D eigenvalue weighted by Crippen LogP contribution is -2.28. The van der Waals surface area contributed by atoms with Gasteiger partial charge in [-0.05, 0) is 35.9 Å². The maximum Gasteiger partial charge on any atom is 0.338 e. The molecule has 4 aromatic rings. The Bertz CT molecular complexity index is 1300. The summed E-state index contributed by atoms with van der Waals surface area (Å²) in [5.74, 6) is 1.06. The molecule has 0 atom stereocenters. The van der Waals surface area contributed by atoms with Gasteiger partial charge in [0.2, 0.25) is 6.79 Å². The zero-order valence-corrected chi connectivity index (χ0v) is 17.0. The number of aromatic nitrogens is 2. The van der Waals surface area contributed by atoms with Gasteiger partial charge in [-0.3, -0.25) is 4.79 Å². The summed E-state index contributed by atoms with van der Waals surface area (Å²) in [5, 5.41) is 2.72. The lowest BCUT2D eigenvalue weighted by molar-refractivity contribution is -0.124. The summed E-state index contributed by atoms with van der Waals surface area (Å²) >= 11 is 0. The molecule has 1 aliphatic rings. The first-order chi connectivity index (χ1) is 15.7. The fraction of sp³-hybridized carbons (Fsp3) is 0.125. The van der Waals surface area contributed by atoms with Crippen LogP contribution < -0.4 is 14.8 Å². The van der Waals surface area contributed by atoms with Crippen molar-refractivity contribution in [3.8, 4) is 22.9 Å². The number of ether oxygens (including phenoxy) is 3. The summed E-state index contributed by atoms with van der Waals surface area (Å²) in [6.45, 7) is 0.105. The van der Waals surface area contributed by atoms with Gasteiger partial charge in [0.05, 0.1) is 16.6 Å². The van der Waals surface area contributed by atoms with Crippen LogP contribution in [-0.2, 0) is 16.1 Å². The van der Waals surface area contributed by atoms with E-state index in [-0.39, 0.29) is 19.9 Å². The summed E-state index contributed by atoms with van der Waals surface area (Å²) in [4.78, 5) is 32.3. The quantitative estimate of drug-likeness (QED) is 0.455. The number of H-pyrrole nitrogens is 1. The largest absolute Gasteiger partial charge is 0.454 e. The van der Waals surface area contributed by atoms with Crippen molar-refractivity contribution >= 4 is 22.9 Å². The number of carbonyl (C=O) groups is 2. The van der Waals surface area contributed by atoms with E-state index in [1.807, 2.05) is 36.4 Å². The van der Waals surface area contributed by atoms with Gasteiger partial charge in [0.1, 0.15) is 5.82 Å². The fourth-order valence-corrected chi connectivity index (χ4v) is 3.39. The monoisotopic (exact) mass is 429 g/mol. The lowest BCUT2D eigenvalue weighted by atomic mass is 10.2. The van der Waals surface area contributed by atoms with E-state index >= 15 is 0 Å². The highest BCUT2D eigenvalue weighted by atomic mass is 16.7.